The summed E-state index contributed by atoms with van der Waals surface area (Å²) in [5, 5.41) is 14.9. The highest BCUT2D eigenvalue weighted by Gasteiger charge is 2.07. The summed E-state index contributed by atoms with van der Waals surface area (Å²) in [7, 11) is 3.82. The lowest BCUT2D eigenvalue weighted by atomic mass is 10.3. The number of aromatic nitrogens is 3. The molecule has 0 amide bonds. The number of methoxy groups -OCH3 is 1. The summed E-state index contributed by atoms with van der Waals surface area (Å²) in [5.41, 5.74) is 1.22. The maximum absolute atomic E-state index is 5.23. The van der Waals surface area contributed by atoms with Crippen molar-refractivity contribution in [2.45, 2.75) is 39.3 Å². The van der Waals surface area contributed by atoms with Crippen LogP contribution in [0.2, 0.25) is 0 Å². The summed E-state index contributed by atoms with van der Waals surface area (Å²) < 4.78 is 7.30. The molecule has 8 heteroatoms. The molecule has 160 valence electrons. The smallest absolute Gasteiger partial charge is 0.191 e. The first kappa shape index (κ1) is 22.7. The van der Waals surface area contributed by atoms with Crippen molar-refractivity contribution in [2.24, 2.45) is 4.99 Å². The molecule has 29 heavy (non-hydrogen) atoms. The van der Waals surface area contributed by atoms with Crippen LogP contribution < -0.4 is 15.5 Å². The van der Waals surface area contributed by atoms with Gasteiger partial charge in [-0.3, -0.25) is 4.99 Å². The first-order valence-electron chi connectivity index (χ1n) is 10.3. The van der Waals surface area contributed by atoms with Crippen molar-refractivity contribution in [3.63, 3.8) is 0 Å². The van der Waals surface area contributed by atoms with E-state index in [1.54, 1.807) is 13.4 Å². The third-order valence-electron chi connectivity index (χ3n) is 4.58. The number of nitrogens with one attached hydrogen (secondary N) is 2. The molecule has 0 spiro atoms. The van der Waals surface area contributed by atoms with Gasteiger partial charge in [-0.1, -0.05) is 25.1 Å². The molecular weight excluding hydrogens is 366 g/mol. The van der Waals surface area contributed by atoms with Crippen LogP contribution in [0.5, 0.6) is 0 Å². The number of hydrogen-bond donors (Lipinski definition) is 2. The van der Waals surface area contributed by atoms with Crippen LogP contribution >= 0.6 is 0 Å². The van der Waals surface area contributed by atoms with Crippen LogP contribution in [0.4, 0.5) is 5.69 Å². The van der Waals surface area contributed by atoms with E-state index in [-0.39, 0.29) is 6.04 Å². The van der Waals surface area contributed by atoms with Crippen LogP contribution in [0.15, 0.2) is 41.7 Å². The van der Waals surface area contributed by atoms with Gasteiger partial charge in [-0.25, -0.2) is 0 Å². The van der Waals surface area contributed by atoms with Gasteiger partial charge in [-0.15, -0.1) is 10.2 Å². The molecule has 0 saturated carbocycles. The fraction of sp³-hybridized carbons (Fsp3) is 0.571. The van der Waals surface area contributed by atoms with Crippen LogP contribution in [-0.4, -0.2) is 67.2 Å². The molecule has 2 aromatic rings. The lowest BCUT2D eigenvalue weighted by molar-refractivity contribution is 0.179. The average Bonchev–Trinajstić information content (AvgIpc) is 3.19. The molecule has 0 aliphatic rings. The maximum atomic E-state index is 5.23. The molecule has 0 radical (unpaired) electrons. The first-order chi connectivity index (χ1) is 14.1. The van der Waals surface area contributed by atoms with E-state index in [1.807, 2.05) is 6.07 Å². The van der Waals surface area contributed by atoms with Crippen molar-refractivity contribution in [1.82, 2.24) is 25.4 Å². The summed E-state index contributed by atoms with van der Waals surface area (Å²) in [5.74, 6) is 1.80. The first-order valence-corrected chi connectivity index (χ1v) is 10.3. The fourth-order valence-electron chi connectivity index (χ4n) is 3.02. The topological polar surface area (TPSA) is 79.6 Å². The second kappa shape index (κ2) is 12.8. The Morgan fingerprint density at radius 3 is 2.83 bits per heavy atom. The lowest BCUT2D eigenvalue weighted by Gasteiger charge is -2.20. The number of aliphatic imine (C=N–C) groups is 1. The Hall–Kier alpha value is -2.61. The quantitative estimate of drug-likeness (QED) is 0.321. The Bertz CT molecular complexity index is 717. The Morgan fingerprint density at radius 2 is 2.10 bits per heavy atom. The molecule has 1 heterocycles. The van der Waals surface area contributed by atoms with Crippen LogP contribution in [0.25, 0.3) is 0 Å². The number of nitrogens with zero attached hydrogens (tertiary/aromatic N) is 5. The van der Waals surface area contributed by atoms with Crippen molar-refractivity contribution in [3.05, 3.63) is 42.5 Å². The number of hydrogen-bond acceptors (Lipinski definition) is 5. The summed E-state index contributed by atoms with van der Waals surface area (Å²) >= 11 is 0. The summed E-state index contributed by atoms with van der Waals surface area (Å²) in [6.07, 6.45) is 3.62. The molecule has 0 bridgehead atoms. The van der Waals surface area contributed by atoms with Crippen molar-refractivity contribution < 1.29 is 4.74 Å². The van der Waals surface area contributed by atoms with Crippen LogP contribution in [0.3, 0.4) is 0 Å². The lowest BCUT2D eigenvalue weighted by Crippen LogP contribution is -2.45. The number of benzene rings is 1. The fourth-order valence-corrected chi connectivity index (χ4v) is 3.02. The highest BCUT2D eigenvalue weighted by Crippen LogP contribution is 2.10. The van der Waals surface area contributed by atoms with E-state index in [1.165, 1.54) is 5.69 Å². The number of rotatable bonds is 12. The summed E-state index contributed by atoms with van der Waals surface area (Å²) in [6.45, 7) is 8.05. The number of aryl methyl sites for hydroxylation is 1. The van der Waals surface area contributed by atoms with Gasteiger partial charge in [0.05, 0.1) is 6.61 Å². The Labute approximate surface area is 174 Å². The van der Waals surface area contributed by atoms with E-state index in [0.717, 1.165) is 50.8 Å². The maximum Gasteiger partial charge on any atom is 0.191 e. The molecule has 0 fully saturated rings. The predicted octanol–water partition coefficient (Wildman–Crippen LogP) is 1.94. The van der Waals surface area contributed by atoms with E-state index in [0.29, 0.717) is 6.61 Å². The largest absolute Gasteiger partial charge is 0.383 e. The summed E-state index contributed by atoms with van der Waals surface area (Å²) in [4.78, 5) is 7.00. The second-order valence-electron chi connectivity index (χ2n) is 7.06. The van der Waals surface area contributed by atoms with Crippen LogP contribution in [-0.2, 0) is 17.7 Å². The minimum atomic E-state index is 0.180. The molecule has 0 saturated heterocycles. The summed E-state index contributed by atoms with van der Waals surface area (Å²) in [6, 6.07) is 10.6. The Balaban J connectivity index is 1.83. The van der Waals surface area contributed by atoms with Gasteiger partial charge in [0.25, 0.3) is 0 Å². The molecular formula is C21H35N7O. The van der Waals surface area contributed by atoms with Gasteiger partial charge in [0, 0.05) is 58.5 Å². The Morgan fingerprint density at radius 1 is 1.31 bits per heavy atom. The zero-order valence-corrected chi connectivity index (χ0v) is 18.1. The van der Waals surface area contributed by atoms with Gasteiger partial charge in [-0.2, -0.15) is 0 Å². The zero-order valence-electron chi connectivity index (χ0n) is 18.1. The standard InChI is InChI=1S/C21H35N7O/c1-5-20-26-24-17-28(20)15-13-23-21(25-18(2)16-29-4)22-12-9-14-27(3)19-10-7-6-8-11-19/h6-8,10-11,17-18H,5,9,12-16H2,1-4H3,(H2,22,23,25). The third kappa shape index (κ3) is 8.11. The van der Waals surface area contributed by atoms with Gasteiger partial charge in [0.1, 0.15) is 12.2 Å². The molecule has 0 aliphatic heterocycles. The van der Waals surface area contributed by atoms with Crippen LogP contribution in [0, 0.1) is 0 Å². The molecule has 1 unspecified atom stereocenters. The molecule has 2 N–H and O–H groups in total. The average molecular weight is 402 g/mol. The van der Waals surface area contributed by atoms with Crippen molar-refractivity contribution in [1.29, 1.82) is 0 Å². The van der Waals surface area contributed by atoms with E-state index >= 15 is 0 Å². The van der Waals surface area contributed by atoms with Gasteiger partial charge in [0.2, 0.25) is 0 Å². The van der Waals surface area contributed by atoms with Gasteiger partial charge < -0.3 is 24.8 Å². The van der Waals surface area contributed by atoms with Crippen LogP contribution in [0.1, 0.15) is 26.1 Å². The molecule has 1 atom stereocenters. The molecule has 2 rings (SSSR count). The van der Waals surface area contributed by atoms with Gasteiger partial charge >= 0.3 is 0 Å². The molecule has 1 aromatic heterocycles. The number of para-hydroxylation sites is 1. The van der Waals surface area contributed by atoms with Crippen molar-refractivity contribution in [3.8, 4) is 0 Å². The van der Waals surface area contributed by atoms with E-state index in [9.17, 15) is 0 Å². The Kier molecular flexibility index (Phi) is 9.99. The third-order valence-corrected chi connectivity index (χ3v) is 4.58. The minimum Gasteiger partial charge on any atom is -0.383 e. The number of guanidine groups is 1. The minimum absolute atomic E-state index is 0.180. The molecule has 0 aliphatic carbocycles. The number of anilines is 1. The highest BCUT2D eigenvalue weighted by atomic mass is 16.5. The highest BCUT2D eigenvalue weighted by molar-refractivity contribution is 5.80. The normalized spacial score (nSPS) is 12.6. The monoisotopic (exact) mass is 401 g/mol. The van der Waals surface area contributed by atoms with E-state index < -0.39 is 0 Å². The van der Waals surface area contributed by atoms with Gasteiger partial charge in [0.15, 0.2) is 5.96 Å². The number of ether oxygens (including phenoxy) is 1. The van der Waals surface area contributed by atoms with Crippen molar-refractivity contribution >= 4 is 11.6 Å². The van der Waals surface area contributed by atoms with E-state index in [4.69, 9.17) is 9.73 Å². The van der Waals surface area contributed by atoms with Gasteiger partial charge in [-0.05, 0) is 25.5 Å². The molecule has 1 aromatic carbocycles. The van der Waals surface area contributed by atoms with E-state index in [2.05, 4.69) is 75.5 Å². The molecule has 8 nitrogen and oxygen atoms in total. The van der Waals surface area contributed by atoms with Crippen molar-refractivity contribution in [2.75, 3.05) is 45.3 Å². The predicted molar refractivity (Wildman–Crippen MR) is 119 cm³/mol. The second-order valence-corrected chi connectivity index (χ2v) is 7.06. The zero-order chi connectivity index (χ0) is 20.9. The SMILES string of the molecule is CCc1nncn1CCNC(=NCCCN(C)c1ccccc1)NC(C)COC.